The van der Waals surface area contributed by atoms with Gasteiger partial charge in [0.25, 0.3) is 15.7 Å². The van der Waals surface area contributed by atoms with Crippen LogP contribution in [0.2, 0.25) is 5.02 Å². The van der Waals surface area contributed by atoms with Gasteiger partial charge in [0.2, 0.25) is 0 Å². The summed E-state index contributed by atoms with van der Waals surface area (Å²) in [6, 6.07) is 7.80. The topological polar surface area (TPSA) is 120 Å². The monoisotopic (exact) mass is 441 g/mol. The predicted octanol–water partition coefficient (Wildman–Crippen LogP) is 3.75. The van der Waals surface area contributed by atoms with Crippen LogP contribution in [0.4, 0.5) is 5.69 Å². The Hall–Kier alpha value is -2.85. The van der Waals surface area contributed by atoms with Gasteiger partial charge in [-0.1, -0.05) is 17.7 Å². The number of rotatable bonds is 9. The van der Waals surface area contributed by atoms with Gasteiger partial charge >= 0.3 is 0 Å². The normalized spacial score (nSPS) is 11.6. The molecule has 0 saturated heterocycles. The number of nitro groups is 1. The average Bonchev–Trinajstić information content (AvgIpc) is 2.64. The Kier molecular flexibility index (Phi) is 7.40. The first-order valence-corrected chi connectivity index (χ1v) is 10.4. The van der Waals surface area contributed by atoms with Gasteiger partial charge in [-0.2, -0.15) is 13.5 Å². The first-order chi connectivity index (χ1) is 13.6. The number of hydrogen-bond donors (Lipinski definition) is 1. The second-order valence-corrected chi connectivity index (χ2v) is 8.11. The van der Waals surface area contributed by atoms with Crippen molar-refractivity contribution in [2.45, 2.75) is 31.8 Å². The zero-order valence-corrected chi connectivity index (χ0v) is 17.5. The summed E-state index contributed by atoms with van der Waals surface area (Å²) in [6.07, 6.45) is 1.12. The van der Waals surface area contributed by atoms with E-state index in [0.29, 0.717) is 23.7 Å². The molecule has 1 N–H and O–H groups in total. The van der Waals surface area contributed by atoms with Crippen LogP contribution in [0.3, 0.4) is 0 Å². The number of nitrogens with zero attached hydrogens (tertiary/aromatic N) is 2. The third kappa shape index (κ3) is 6.06. The molecule has 0 heterocycles. The molecule has 2 rings (SSSR count). The zero-order valence-electron chi connectivity index (χ0n) is 16.0. The van der Waals surface area contributed by atoms with Crippen LogP contribution in [0.15, 0.2) is 46.4 Å². The Morgan fingerprint density at radius 2 is 2.03 bits per heavy atom. The average molecular weight is 442 g/mol. The number of nitrogens with one attached hydrogen (secondary N) is 1. The molecule has 0 radical (unpaired) electrons. The third-order valence-corrected chi connectivity index (χ3v) is 4.91. The second-order valence-electron chi connectivity index (χ2n) is 6.04. The van der Waals surface area contributed by atoms with E-state index in [1.807, 2.05) is 18.7 Å². The summed E-state index contributed by atoms with van der Waals surface area (Å²) in [5.41, 5.74) is 0.127. The number of hydrogen-bond acceptors (Lipinski definition) is 7. The molecule has 0 unspecified atom stereocenters. The molecule has 0 aliphatic carbocycles. The molecule has 0 saturated carbocycles. The fraction of sp³-hybridized carbons (Fsp3) is 0.278. The van der Waals surface area contributed by atoms with Gasteiger partial charge in [-0.25, -0.2) is 4.83 Å². The van der Waals surface area contributed by atoms with E-state index < -0.39 is 14.9 Å². The van der Waals surface area contributed by atoms with E-state index >= 15 is 0 Å². The molecule has 0 aliphatic heterocycles. The van der Waals surface area contributed by atoms with Crippen LogP contribution in [0.1, 0.15) is 26.3 Å². The maximum absolute atomic E-state index is 12.3. The van der Waals surface area contributed by atoms with Gasteiger partial charge in [0, 0.05) is 12.1 Å². The summed E-state index contributed by atoms with van der Waals surface area (Å²) in [4.78, 5) is 11.9. The van der Waals surface area contributed by atoms with Crippen LogP contribution in [0, 0.1) is 10.1 Å². The molecule has 9 nitrogen and oxygen atoms in total. The number of sulfonamides is 1. The number of halogens is 1. The Morgan fingerprint density at radius 1 is 1.31 bits per heavy atom. The summed E-state index contributed by atoms with van der Waals surface area (Å²) in [6.45, 7) is 5.89. The molecule has 0 bridgehead atoms. The summed E-state index contributed by atoms with van der Waals surface area (Å²) < 4.78 is 35.8. The second kappa shape index (κ2) is 9.57. The van der Waals surface area contributed by atoms with Crippen molar-refractivity contribution in [3.63, 3.8) is 0 Å². The van der Waals surface area contributed by atoms with Crippen LogP contribution < -0.4 is 14.3 Å². The van der Waals surface area contributed by atoms with E-state index in [4.69, 9.17) is 21.1 Å². The van der Waals surface area contributed by atoms with Crippen LogP contribution in [-0.4, -0.2) is 32.3 Å². The molecule has 0 aromatic heterocycles. The molecular weight excluding hydrogens is 422 g/mol. The summed E-state index contributed by atoms with van der Waals surface area (Å²) in [5, 5.41) is 14.8. The minimum Gasteiger partial charge on any atom is -0.490 e. The van der Waals surface area contributed by atoms with E-state index in [9.17, 15) is 18.5 Å². The van der Waals surface area contributed by atoms with E-state index in [1.54, 1.807) is 19.1 Å². The van der Waals surface area contributed by atoms with E-state index in [1.165, 1.54) is 24.4 Å². The number of ether oxygens (including phenoxy) is 2. The molecule has 0 spiro atoms. The predicted molar refractivity (Wildman–Crippen MR) is 109 cm³/mol. The van der Waals surface area contributed by atoms with Crippen molar-refractivity contribution in [3.05, 3.63) is 57.1 Å². The van der Waals surface area contributed by atoms with Gasteiger partial charge in [0.15, 0.2) is 11.5 Å². The van der Waals surface area contributed by atoms with Crippen LogP contribution >= 0.6 is 11.6 Å². The smallest absolute Gasteiger partial charge is 0.276 e. The molecule has 2 aromatic rings. The largest absolute Gasteiger partial charge is 0.490 e. The number of non-ortho nitro benzene ring substituents is 1. The lowest BCUT2D eigenvalue weighted by Crippen LogP contribution is -2.18. The van der Waals surface area contributed by atoms with E-state index in [-0.39, 0.29) is 21.7 Å². The van der Waals surface area contributed by atoms with Gasteiger partial charge in [-0.15, -0.1) is 0 Å². The lowest BCUT2D eigenvalue weighted by atomic mass is 10.2. The molecule has 0 fully saturated rings. The van der Waals surface area contributed by atoms with Crippen molar-refractivity contribution < 1.29 is 22.8 Å². The van der Waals surface area contributed by atoms with E-state index in [2.05, 4.69) is 5.10 Å². The molecule has 156 valence electrons. The SMILES string of the molecule is CCOc1cc(/C=N/NS(=O)(=O)c2cccc([N+](=O)[O-])c2)cc(Cl)c1OC(C)C. The number of nitro benzene ring substituents is 1. The van der Waals surface area contributed by atoms with Crippen LogP contribution in [0.5, 0.6) is 11.5 Å². The van der Waals surface area contributed by atoms with Gasteiger partial charge in [-0.05, 0) is 44.5 Å². The fourth-order valence-corrected chi connectivity index (χ4v) is 3.36. The first-order valence-electron chi connectivity index (χ1n) is 8.56. The lowest BCUT2D eigenvalue weighted by molar-refractivity contribution is -0.385. The quantitative estimate of drug-likeness (QED) is 0.359. The van der Waals surface area contributed by atoms with Gasteiger partial charge in [-0.3, -0.25) is 10.1 Å². The van der Waals surface area contributed by atoms with Crippen molar-refractivity contribution in [1.82, 2.24) is 4.83 Å². The summed E-state index contributed by atoms with van der Waals surface area (Å²) >= 11 is 6.26. The Bertz CT molecular complexity index is 1020. The Labute approximate surface area is 173 Å². The zero-order chi connectivity index (χ0) is 21.6. The van der Waals surface area contributed by atoms with Crippen LogP contribution in [-0.2, 0) is 10.0 Å². The molecule has 0 atom stereocenters. The fourth-order valence-electron chi connectivity index (χ4n) is 2.26. The molecular formula is C18H20ClN3O6S. The summed E-state index contributed by atoms with van der Waals surface area (Å²) in [5.74, 6) is 0.787. The Morgan fingerprint density at radius 3 is 2.66 bits per heavy atom. The maximum Gasteiger partial charge on any atom is 0.276 e. The molecule has 2 aromatic carbocycles. The Balaban J connectivity index is 2.25. The van der Waals surface area contributed by atoms with Crippen molar-refractivity contribution in [1.29, 1.82) is 0 Å². The van der Waals surface area contributed by atoms with Gasteiger partial charge in [0.1, 0.15) is 0 Å². The van der Waals surface area contributed by atoms with E-state index in [0.717, 1.165) is 6.07 Å². The van der Waals surface area contributed by atoms with Crippen molar-refractivity contribution in [3.8, 4) is 11.5 Å². The minimum absolute atomic E-state index is 0.118. The van der Waals surface area contributed by atoms with Crippen molar-refractivity contribution >= 4 is 33.5 Å². The van der Waals surface area contributed by atoms with Gasteiger partial charge < -0.3 is 9.47 Å². The molecule has 0 amide bonds. The third-order valence-electron chi connectivity index (χ3n) is 3.41. The highest BCUT2D eigenvalue weighted by Crippen LogP contribution is 2.37. The molecule has 0 aliphatic rings. The molecule has 29 heavy (non-hydrogen) atoms. The van der Waals surface area contributed by atoms with Crippen LogP contribution in [0.25, 0.3) is 0 Å². The van der Waals surface area contributed by atoms with Crippen molar-refractivity contribution in [2.24, 2.45) is 5.10 Å². The highest BCUT2D eigenvalue weighted by Gasteiger charge is 2.17. The highest BCUT2D eigenvalue weighted by molar-refractivity contribution is 7.89. The standard InChI is InChI=1S/C18H20ClN3O6S/c1-4-27-17-9-13(8-16(19)18(17)28-12(2)3)11-20-21-29(25,26)15-7-5-6-14(10-15)22(23)24/h5-12,21H,4H2,1-3H3/b20-11+. The summed E-state index contributed by atoms with van der Waals surface area (Å²) in [7, 11) is -4.08. The molecule has 11 heteroatoms. The van der Waals surface area contributed by atoms with Crippen molar-refractivity contribution in [2.75, 3.05) is 6.61 Å². The lowest BCUT2D eigenvalue weighted by Gasteiger charge is -2.16. The highest BCUT2D eigenvalue weighted by atomic mass is 35.5. The van der Waals surface area contributed by atoms with Gasteiger partial charge in [0.05, 0.1) is 33.8 Å². The number of benzene rings is 2. The first kappa shape index (κ1) is 22.4. The minimum atomic E-state index is -4.08. The number of hydrazone groups is 1. The maximum atomic E-state index is 12.3.